The number of hydrogen-bond acceptors (Lipinski definition) is 6. The van der Waals surface area contributed by atoms with Crippen molar-refractivity contribution in [3.8, 4) is 0 Å². The Labute approximate surface area is 191 Å². The zero-order valence-electron chi connectivity index (χ0n) is 19.9. The van der Waals surface area contributed by atoms with Crippen LogP contribution in [0.25, 0.3) is 0 Å². The number of carbonyl (C=O) groups excluding carboxylic acids is 3. The minimum Gasteiger partial charge on any atom is -0.458 e. The van der Waals surface area contributed by atoms with Crippen LogP contribution in [-0.2, 0) is 14.2 Å². The summed E-state index contributed by atoms with van der Waals surface area (Å²) in [6.45, 7) is 7.12. The van der Waals surface area contributed by atoms with Gasteiger partial charge in [-0.05, 0) is 51.8 Å². The molecule has 8 heteroatoms. The SMILES string of the molecule is CNC(=O)OCCOC.CNC(=O)c1ccccc1C(=O)OC/C=C(\C)CCC=C(C)C. The number of rotatable bonds is 10. The number of nitrogens with one attached hydrogen (secondary N) is 2. The molecule has 0 atom stereocenters. The maximum absolute atomic E-state index is 12.1. The second-order valence-electron chi connectivity index (χ2n) is 6.97. The van der Waals surface area contributed by atoms with E-state index in [4.69, 9.17) is 4.74 Å². The molecule has 2 amide bonds. The monoisotopic (exact) mass is 448 g/mol. The molecule has 0 heterocycles. The molecule has 0 aliphatic rings. The normalized spacial score (nSPS) is 10.2. The Kier molecular flexibility index (Phi) is 15.8. The van der Waals surface area contributed by atoms with Crippen LogP contribution in [0.5, 0.6) is 0 Å². The molecule has 0 aromatic heterocycles. The maximum Gasteiger partial charge on any atom is 0.406 e. The average Bonchev–Trinajstić information content (AvgIpc) is 2.78. The van der Waals surface area contributed by atoms with Crippen LogP contribution < -0.4 is 10.6 Å². The minimum absolute atomic E-state index is 0.210. The van der Waals surface area contributed by atoms with Crippen molar-refractivity contribution in [2.24, 2.45) is 0 Å². The lowest BCUT2D eigenvalue weighted by atomic mass is 10.1. The number of benzene rings is 1. The molecule has 0 unspecified atom stereocenters. The van der Waals surface area contributed by atoms with Gasteiger partial charge < -0.3 is 24.8 Å². The van der Waals surface area contributed by atoms with Crippen LogP contribution in [0.15, 0.2) is 47.6 Å². The van der Waals surface area contributed by atoms with E-state index in [2.05, 4.69) is 40.0 Å². The van der Waals surface area contributed by atoms with Gasteiger partial charge in [-0.2, -0.15) is 0 Å². The van der Waals surface area contributed by atoms with E-state index in [0.29, 0.717) is 18.8 Å². The molecular weight excluding hydrogens is 412 g/mol. The summed E-state index contributed by atoms with van der Waals surface area (Å²) >= 11 is 0. The number of hydrogen-bond donors (Lipinski definition) is 2. The first-order chi connectivity index (χ1) is 15.3. The number of alkyl carbamates (subject to hydrolysis) is 1. The average molecular weight is 449 g/mol. The molecule has 1 rings (SSSR count). The van der Waals surface area contributed by atoms with Gasteiger partial charge in [-0.3, -0.25) is 4.79 Å². The molecule has 32 heavy (non-hydrogen) atoms. The van der Waals surface area contributed by atoms with Crippen LogP contribution in [0.4, 0.5) is 4.79 Å². The first-order valence-corrected chi connectivity index (χ1v) is 10.4. The molecule has 0 aliphatic carbocycles. The van der Waals surface area contributed by atoms with Gasteiger partial charge in [-0.15, -0.1) is 0 Å². The third kappa shape index (κ3) is 13.2. The molecule has 0 aliphatic heterocycles. The van der Waals surface area contributed by atoms with E-state index in [1.807, 2.05) is 13.0 Å². The van der Waals surface area contributed by atoms with Crippen LogP contribution >= 0.6 is 0 Å². The summed E-state index contributed by atoms with van der Waals surface area (Å²) < 4.78 is 14.4. The van der Waals surface area contributed by atoms with Gasteiger partial charge in [-0.25, -0.2) is 9.59 Å². The maximum atomic E-state index is 12.1. The highest BCUT2D eigenvalue weighted by Gasteiger charge is 2.16. The van der Waals surface area contributed by atoms with Crippen LogP contribution in [-0.4, -0.2) is 59.0 Å². The Morgan fingerprint density at radius 2 is 1.56 bits per heavy atom. The summed E-state index contributed by atoms with van der Waals surface area (Å²) in [7, 11) is 4.59. The Hall–Kier alpha value is -3.13. The topological polar surface area (TPSA) is 103 Å². The van der Waals surface area contributed by atoms with Crippen molar-refractivity contribution < 1.29 is 28.6 Å². The summed E-state index contributed by atoms with van der Waals surface area (Å²) in [5, 5.41) is 4.83. The van der Waals surface area contributed by atoms with E-state index < -0.39 is 12.1 Å². The van der Waals surface area contributed by atoms with Crippen molar-refractivity contribution in [1.82, 2.24) is 10.6 Å². The zero-order valence-corrected chi connectivity index (χ0v) is 19.9. The van der Waals surface area contributed by atoms with Gasteiger partial charge in [-0.1, -0.05) is 29.4 Å². The molecule has 178 valence electrons. The van der Waals surface area contributed by atoms with Gasteiger partial charge in [0.05, 0.1) is 17.7 Å². The second kappa shape index (κ2) is 17.5. The standard InChI is InChI=1S/C19H25NO3.C5H11NO3/c1-14(2)8-7-9-15(3)12-13-23-19(22)17-11-6-5-10-16(17)18(21)20-4;1-6-5(7)9-4-3-8-2/h5-6,8,10-12H,7,9,13H2,1-4H3,(H,20,21);3-4H2,1-2H3,(H,6,7)/b15-12+;. The summed E-state index contributed by atoms with van der Waals surface area (Å²) in [6, 6.07) is 6.63. The molecule has 8 nitrogen and oxygen atoms in total. The largest absolute Gasteiger partial charge is 0.458 e. The number of amides is 2. The lowest BCUT2D eigenvalue weighted by Crippen LogP contribution is -2.21. The van der Waals surface area contributed by atoms with Crippen LogP contribution in [0.2, 0.25) is 0 Å². The molecule has 1 aromatic carbocycles. The van der Waals surface area contributed by atoms with E-state index in [-0.39, 0.29) is 18.1 Å². The summed E-state index contributed by atoms with van der Waals surface area (Å²) in [4.78, 5) is 34.2. The van der Waals surface area contributed by atoms with Gasteiger partial charge in [0.15, 0.2) is 0 Å². The number of methoxy groups -OCH3 is 1. The predicted molar refractivity (Wildman–Crippen MR) is 125 cm³/mol. The molecule has 0 saturated heterocycles. The van der Waals surface area contributed by atoms with Crippen molar-refractivity contribution in [3.63, 3.8) is 0 Å². The first-order valence-electron chi connectivity index (χ1n) is 10.4. The smallest absolute Gasteiger partial charge is 0.406 e. The Balaban J connectivity index is 0.000000900. The minimum atomic E-state index is -0.488. The van der Waals surface area contributed by atoms with Crippen molar-refractivity contribution >= 4 is 18.0 Å². The van der Waals surface area contributed by atoms with E-state index in [1.54, 1.807) is 31.4 Å². The highest BCUT2D eigenvalue weighted by molar-refractivity contribution is 6.05. The number of esters is 1. The number of ether oxygens (including phenoxy) is 3. The molecular formula is C24H36N2O6. The predicted octanol–water partition coefficient (Wildman–Crippen LogP) is 3.88. The fraction of sp³-hybridized carbons (Fsp3) is 0.458. The van der Waals surface area contributed by atoms with E-state index in [9.17, 15) is 14.4 Å². The van der Waals surface area contributed by atoms with E-state index in [1.165, 1.54) is 25.2 Å². The molecule has 2 N–H and O–H groups in total. The third-order valence-electron chi connectivity index (χ3n) is 4.08. The van der Waals surface area contributed by atoms with Crippen LogP contribution in [0.1, 0.15) is 54.3 Å². The summed E-state index contributed by atoms with van der Waals surface area (Å²) in [5.74, 6) is -0.788. The fourth-order valence-corrected chi connectivity index (χ4v) is 2.31. The highest BCUT2D eigenvalue weighted by Crippen LogP contribution is 2.11. The Morgan fingerprint density at radius 3 is 2.12 bits per heavy atom. The number of allylic oxidation sites excluding steroid dienone is 3. The molecule has 0 saturated carbocycles. The summed E-state index contributed by atoms with van der Waals surface area (Å²) in [6.07, 6.45) is 5.59. The summed E-state index contributed by atoms with van der Waals surface area (Å²) in [5.41, 5.74) is 3.08. The van der Waals surface area contributed by atoms with E-state index >= 15 is 0 Å². The number of carbonyl (C=O) groups is 3. The Morgan fingerprint density at radius 1 is 0.906 bits per heavy atom. The Bertz CT molecular complexity index is 782. The molecule has 0 bridgehead atoms. The quantitative estimate of drug-likeness (QED) is 0.320. The van der Waals surface area contributed by atoms with Gasteiger partial charge in [0.25, 0.3) is 5.91 Å². The van der Waals surface area contributed by atoms with Crippen molar-refractivity contribution in [2.75, 3.05) is 41.0 Å². The molecule has 0 fully saturated rings. The van der Waals surface area contributed by atoms with Gasteiger partial charge in [0.1, 0.15) is 13.2 Å². The molecule has 0 radical (unpaired) electrons. The third-order valence-corrected chi connectivity index (χ3v) is 4.08. The van der Waals surface area contributed by atoms with Crippen molar-refractivity contribution in [1.29, 1.82) is 0 Å². The second-order valence-corrected chi connectivity index (χ2v) is 6.97. The first kappa shape index (κ1) is 28.9. The van der Waals surface area contributed by atoms with Crippen molar-refractivity contribution in [2.45, 2.75) is 33.6 Å². The van der Waals surface area contributed by atoms with Crippen LogP contribution in [0.3, 0.4) is 0 Å². The van der Waals surface area contributed by atoms with Gasteiger partial charge in [0.2, 0.25) is 0 Å². The highest BCUT2D eigenvalue weighted by atomic mass is 16.6. The lowest BCUT2D eigenvalue weighted by Gasteiger charge is -2.08. The fourth-order valence-electron chi connectivity index (χ4n) is 2.31. The van der Waals surface area contributed by atoms with Gasteiger partial charge >= 0.3 is 12.1 Å². The lowest BCUT2D eigenvalue weighted by molar-refractivity contribution is 0.0545. The zero-order chi connectivity index (χ0) is 24.4. The molecule has 0 spiro atoms. The van der Waals surface area contributed by atoms with Crippen LogP contribution in [0, 0.1) is 0 Å². The van der Waals surface area contributed by atoms with Crippen molar-refractivity contribution in [3.05, 3.63) is 58.7 Å². The van der Waals surface area contributed by atoms with Gasteiger partial charge in [0, 0.05) is 21.2 Å². The molecule has 1 aromatic rings. The van der Waals surface area contributed by atoms with E-state index in [0.717, 1.165) is 12.8 Å².